The molecule has 1 aromatic carbocycles. The minimum absolute atomic E-state index is 0.161. The number of aryl methyl sites for hydroxylation is 3. The molecule has 0 spiro atoms. The molecule has 2 aromatic heterocycles. The van der Waals surface area contributed by atoms with Crippen molar-refractivity contribution in [2.45, 2.75) is 45.4 Å². The van der Waals surface area contributed by atoms with Crippen LogP contribution in [-0.4, -0.2) is 22.3 Å². The normalized spacial score (nSPS) is 13.4. The van der Waals surface area contributed by atoms with Crippen LogP contribution in [0.3, 0.4) is 0 Å². The Labute approximate surface area is 172 Å². The number of carbonyl (C=O) groups is 1. The number of ketones is 1. The Morgan fingerprint density at radius 3 is 3.03 bits per heavy atom. The maximum Gasteiger partial charge on any atom is 0.155 e. The molecule has 3 heterocycles. The van der Waals surface area contributed by atoms with Gasteiger partial charge in [-0.25, -0.2) is 4.98 Å². The van der Waals surface area contributed by atoms with Crippen molar-refractivity contribution >= 4 is 28.6 Å². The zero-order valence-corrected chi connectivity index (χ0v) is 16.9. The molecule has 0 fully saturated rings. The van der Waals surface area contributed by atoms with E-state index < -0.39 is 0 Å². The van der Waals surface area contributed by atoms with Crippen LogP contribution in [0.4, 0.5) is 5.82 Å². The largest absolute Gasteiger partial charge is 0.370 e. The Hall–Kier alpha value is -3.01. The lowest BCUT2D eigenvalue weighted by atomic mass is 10.0. The van der Waals surface area contributed by atoms with E-state index in [-0.39, 0.29) is 5.78 Å². The first-order valence-corrected chi connectivity index (χ1v) is 10.5. The Kier molecular flexibility index (Phi) is 5.99. The van der Waals surface area contributed by atoms with Crippen LogP contribution in [0.15, 0.2) is 48.7 Å². The molecule has 1 aliphatic heterocycles. The van der Waals surface area contributed by atoms with Gasteiger partial charge in [0.25, 0.3) is 0 Å². The van der Waals surface area contributed by atoms with Gasteiger partial charge in [-0.1, -0.05) is 17.7 Å². The summed E-state index contributed by atoms with van der Waals surface area (Å²) >= 11 is 0. The van der Waals surface area contributed by atoms with Crippen LogP contribution in [0.25, 0.3) is 17.0 Å². The molecular formula is C25H27N3O. The minimum Gasteiger partial charge on any atom is -0.370 e. The predicted molar refractivity (Wildman–Crippen MR) is 119 cm³/mol. The Balaban J connectivity index is 1.26. The highest BCUT2D eigenvalue weighted by atomic mass is 16.1. The van der Waals surface area contributed by atoms with Crippen LogP contribution >= 0.6 is 0 Å². The highest BCUT2D eigenvalue weighted by Gasteiger charge is 2.10. The van der Waals surface area contributed by atoms with Crippen LogP contribution in [0.1, 0.15) is 48.1 Å². The van der Waals surface area contributed by atoms with Gasteiger partial charge in [0.15, 0.2) is 5.78 Å². The molecule has 4 heteroatoms. The summed E-state index contributed by atoms with van der Waals surface area (Å²) in [6, 6.07) is 12.6. The Morgan fingerprint density at radius 1 is 1.17 bits per heavy atom. The zero-order chi connectivity index (χ0) is 20.1. The van der Waals surface area contributed by atoms with Gasteiger partial charge in [0.05, 0.1) is 5.52 Å². The molecule has 0 amide bonds. The second-order valence-corrected chi connectivity index (χ2v) is 7.81. The number of nitrogens with zero attached hydrogens (tertiary/aromatic N) is 2. The molecule has 0 radical (unpaired) electrons. The lowest BCUT2D eigenvalue weighted by molar-refractivity contribution is -0.114. The molecule has 0 aliphatic carbocycles. The summed E-state index contributed by atoms with van der Waals surface area (Å²) in [7, 11) is 0. The van der Waals surface area contributed by atoms with Crippen molar-refractivity contribution in [2.24, 2.45) is 0 Å². The molecule has 29 heavy (non-hydrogen) atoms. The third kappa shape index (κ3) is 5.08. The van der Waals surface area contributed by atoms with Crippen LogP contribution < -0.4 is 5.32 Å². The first-order chi connectivity index (χ1) is 14.2. The van der Waals surface area contributed by atoms with Crippen molar-refractivity contribution in [3.05, 3.63) is 71.1 Å². The lowest BCUT2D eigenvalue weighted by Crippen LogP contribution is -2.14. The van der Waals surface area contributed by atoms with E-state index in [9.17, 15) is 4.79 Å². The first-order valence-electron chi connectivity index (χ1n) is 10.5. The molecule has 4 nitrogen and oxygen atoms in total. The van der Waals surface area contributed by atoms with Gasteiger partial charge in [0.2, 0.25) is 0 Å². The maximum atomic E-state index is 12.2. The number of hydrogen-bond donors (Lipinski definition) is 1. The van der Waals surface area contributed by atoms with Crippen LogP contribution in [-0.2, 0) is 17.6 Å². The van der Waals surface area contributed by atoms with Gasteiger partial charge in [0.1, 0.15) is 5.82 Å². The number of hydrogen-bond acceptors (Lipinski definition) is 4. The summed E-state index contributed by atoms with van der Waals surface area (Å²) < 4.78 is 0. The van der Waals surface area contributed by atoms with Crippen LogP contribution in [0.5, 0.6) is 0 Å². The second kappa shape index (κ2) is 8.99. The summed E-state index contributed by atoms with van der Waals surface area (Å²) in [5.74, 6) is 1.21. The topological polar surface area (TPSA) is 54.9 Å². The average Bonchev–Trinajstić information content (AvgIpc) is 2.75. The smallest absolute Gasteiger partial charge is 0.155 e. The standard InChI is InChI=1S/C25H27N3O/c1-18-8-13-24-21(15-18)16-19(17-27-24)9-12-23(29)7-3-2-6-22-11-10-20-5-4-14-26-25(20)28-22/h8-13,15-17H,2-7,14H2,1H3,(H,26,28)/b12-9+. The number of rotatable bonds is 7. The second-order valence-electron chi connectivity index (χ2n) is 7.81. The van der Waals surface area contributed by atoms with Gasteiger partial charge in [-0.15, -0.1) is 0 Å². The molecule has 0 saturated carbocycles. The minimum atomic E-state index is 0.161. The van der Waals surface area contributed by atoms with Crippen molar-refractivity contribution in [1.29, 1.82) is 0 Å². The Bertz CT molecular complexity index is 1060. The van der Waals surface area contributed by atoms with E-state index in [0.29, 0.717) is 6.42 Å². The SMILES string of the molecule is Cc1ccc2ncc(/C=C/C(=O)CCCCc3ccc4c(n3)NCCC4)cc2c1. The molecule has 0 unspecified atom stereocenters. The lowest BCUT2D eigenvalue weighted by Gasteiger charge is -2.17. The third-order valence-corrected chi connectivity index (χ3v) is 5.38. The molecule has 4 rings (SSSR count). The Morgan fingerprint density at radius 2 is 2.10 bits per heavy atom. The number of benzene rings is 1. The van der Waals surface area contributed by atoms with E-state index in [0.717, 1.165) is 60.2 Å². The highest BCUT2D eigenvalue weighted by Crippen LogP contribution is 2.20. The summed E-state index contributed by atoms with van der Waals surface area (Å²) in [5, 5.41) is 4.48. The number of aromatic nitrogens is 2. The fourth-order valence-corrected chi connectivity index (χ4v) is 3.75. The monoisotopic (exact) mass is 385 g/mol. The summed E-state index contributed by atoms with van der Waals surface area (Å²) in [6.07, 6.45) is 11.0. The van der Waals surface area contributed by atoms with E-state index >= 15 is 0 Å². The predicted octanol–water partition coefficient (Wildman–Crippen LogP) is 5.29. The number of fused-ring (bicyclic) bond motifs is 2. The van der Waals surface area contributed by atoms with Gasteiger partial charge >= 0.3 is 0 Å². The van der Waals surface area contributed by atoms with E-state index in [1.807, 2.05) is 18.3 Å². The molecule has 1 N–H and O–H groups in total. The van der Waals surface area contributed by atoms with Gasteiger partial charge in [-0.2, -0.15) is 0 Å². The van der Waals surface area contributed by atoms with Crippen molar-refractivity contribution in [3.8, 4) is 0 Å². The maximum absolute atomic E-state index is 12.2. The molecule has 3 aromatic rings. The van der Waals surface area contributed by atoms with Crippen molar-refractivity contribution in [3.63, 3.8) is 0 Å². The number of carbonyl (C=O) groups excluding carboxylic acids is 1. The van der Waals surface area contributed by atoms with E-state index in [4.69, 9.17) is 4.98 Å². The fourth-order valence-electron chi connectivity index (χ4n) is 3.75. The molecular weight excluding hydrogens is 358 g/mol. The third-order valence-electron chi connectivity index (χ3n) is 5.38. The highest BCUT2D eigenvalue weighted by molar-refractivity contribution is 5.94. The molecule has 0 saturated heterocycles. The summed E-state index contributed by atoms with van der Waals surface area (Å²) in [5.41, 5.74) is 5.57. The number of allylic oxidation sites excluding steroid dienone is 1. The molecule has 0 atom stereocenters. The number of unbranched alkanes of at least 4 members (excludes halogenated alkanes) is 1. The fraction of sp³-hybridized carbons (Fsp3) is 0.320. The van der Waals surface area contributed by atoms with Crippen LogP contribution in [0.2, 0.25) is 0 Å². The van der Waals surface area contributed by atoms with E-state index in [1.54, 1.807) is 6.08 Å². The summed E-state index contributed by atoms with van der Waals surface area (Å²) in [6.45, 7) is 3.08. The van der Waals surface area contributed by atoms with E-state index in [1.165, 1.54) is 17.5 Å². The van der Waals surface area contributed by atoms with Gasteiger partial charge in [0, 0.05) is 30.2 Å². The van der Waals surface area contributed by atoms with E-state index in [2.05, 4.69) is 47.6 Å². The van der Waals surface area contributed by atoms with Crippen molar-refractivity contribution < 1.29 is 4.79 Å². The summed E-state index contributed by atoms with van der Waals surface area (Å²) in [4.78, 5) is 21.4. The van der Waals surface area contributed by atoms with Crippen molar-refractivity contribution in [1.82, 2.24) is 9.97 Å². The van der Waals surface area contributed by atoms with Gasteiger partial charge in [-0.05, 0) is 86.6 Å². The molecule has 0 bridgehead atoms. The average molecular weight is 386 g/mol. The molecule has 148 valence electrons. The van der Waals surface area contributed by atoms with Crippen LogP contribution in [0, 0.1) is 6.92 Å². The number of anilines is 1. The van der Waals surface area contributed by atoms with Gasteiger partial charge < -0.3 is 5.32 Å². The number of pyridine rings is 2. The molecule has 1 aliphatic rings. The van der Waals surface area contributed by atoms with Gasteiger partial charge in [-0.3, -0.25) is 9.78 Å². The quantitative estimate of drug-likeness (QED) is 0.443. The first kappa shape index (κ1) is 19.3. The van der Waals surface area contributed by atoms with Crippen molar-refractivity contribution in [2.75, 3.05) is 11.9 Å². The zero-order valence-electron chi connectivity index (χ0n) is 16.9. The number of nitrogens with one attached hydrogen (secondary N) is 1.